The predicted molar refractivity (Wildman–Crippen MR) is 87.1 cm³/mol. The molecule has 0 spiro atoms. The third kappa shape index (κ3) is 1.89. The number of aromatic amines is 1. The maximum atomic E-state index is 11.7. The Morgan fingerprint density at radius 3 is 2.50 bits per heavy atom. The van der Waals surface area contributed by atoms with Crippen molar-refractivity contribution in [2.24, 2.45) is 10.8 Å². The molecule has 1 aliphatic rings. The van der Waals surface area contributed by atoms with Gasteiger partial charge in [-0.25, -0.2) is 4.98 Å². The SMILES string of the molecule is Cc1cc2nc([C@H]3CC[C@@](C)(C(=O)O)C3(C)C)[nH]c2cc1C. The number of carbonyl (C=O) groups is 1. The number of carboxylic acid groups (broad SMARTS) is 1. The molecular formula is C18H24N2O2. The average molecular weight is 300 g/mol. The van der Waals surface area contributed by atoms with Crippen LogP contribution in [0.15, 0.2) is 12.1 Å². The van der Waals surface area contributed by atoms with Gasteiger partial charge in [0.2, 0.25) is 0 Å². The van der Waals surface area contributed by atoms with E-state index in [0.717, 1.165) is 23.3 Å². The zero-order valence-electron chi connectivity index (χ0n) is 13.9. The topological polar surface area (TPSA) is 66.0 Å². The number of fused-ring (bicyclic) bond motifs is 1. The number of hydrogen-bond donors (Lipinski definition) is 2. The second-order valence-electron chi connectivity index (χ2n) is 7.53. The largest absolute Gasteiger partial charge is 0.481 e. The molecule has 3 rings (SSSR count). The van der Waals surface area contributed by atoms with E-state index in [1.165, 1.54) is 11.1 Å². The summed E-state index contributed by atoms with van der Waals surface area (Å²) in [7, 11) is 0. The minimum absolute atomic E-state index is 0.140. The summed E-state index contributed by atoms with van der Waals surface area (Å²) >= 11 is 0. The average Bonchev–Trinajstić information content (AvgIpc) is 2.90. The molecule has 4 heteroatoms. The summed E-state index contributed by atoms with van der Waals surface area (Å²) in [4.78, 5) is 19.9. The zero-order chi connectivity index (χ0) is 16.3. The fourth-order valence-corrected chi connectivity index (χ4v) is 3.82. The molecule has 0 aliphatic heterocycles. The molecule has 4 nitrogen and oxygen atoms in total. The van der Waals surface area contributed by atoms with Crippen LogP contribution in [0.25, 0.3) is 11.0 Å². The van der Waals surface area contributed by atoms with Crippen molar-refractivity contribution >= 4 is 17.0 Å². The quantitative estimate of drug-likeness (QED) is 0.874. The van der Waals surface area contributed by atoms with Crippen molar-refractivity contribution in [3.05, 3.63) is 29.1 Å². The fourth-order valence-electron chi connectivity index (χ4n) is 3.82. The highest BCUT2D eigenvalue weighted by Gasteiger charge is 2.57. The van der Waals surface area contributed by atoms with Gasteiger partial charge >= 0.3 is 5.97 Å². The van der Waals surface area contributed by atoms with Gasteiger partial charge in [0.1, 0.15) is 5.82 Å². The molecule has 1 aromatic heterocycles. The highest BCUT2D eigenvalue weighted by Crippen LogP contribution is 2.59. The number of hydrogen-bond acceptors (Lipinski definition) is 2. The predicted octanol–water partition coefficient (Wildman–Crippen LogP) is 4.17. The van der Waals surface area contributed by atoms with Crippen molar-refractivity contribution in [3.8, 4) is 0 Å². The van der Waals surface area contributed by atoms with E-state index >= 15 is 0 Å². The van der Waals surface area contributed by atoms with Gasteiger partial charge in [0.15, 0.2) is 0 Å². The van der Waals surface area contributed by atoms with Gasteiger partial charge in [-0.05, 0) is 62.3 Å². The lowest BCUT2D eigenvalue weighted by molar-refractivity contribution is -0.153. The molecule has 1 aliphatic carbocycles. The van der Waals surface area contributed by atoms with E-state index in [0.29, 0.717) is 6.42 Å². The summed E-state index contributed by atoms with van der Waals surface area (Å²) < 4.78 is 0. The van der Waals surface area contributed by atoms with Gasteiger partial charge in [0.25, 0.3) is 0 Å². The molecular weight excluding hydrogens is 276 g/mol. The highest BCUT2D eigenvalue weighted by molar-refractivity contribution is 5.78. The van der Waals surface area contributed by atoms with E-state index < -0.39 is 11.4 Å². The van der Waals surface area contributed by atoms with Crippen molar-refractivity contribution in [2.75, 3.05) is 0 Å². The molecule has 118 valence electrons. The fraction of sp³-hybridized carbons (Fsp3) is 0.556. The first-order chi connectivity index (χ1) is 10.2. The minimum Gasteiger partial charge on any atom is -0.481 e. The molecule has 0 saturated heterocycles. The van der Waals surface area contributed by atoms with Crippen LogP contribution in [0.5, 0.6) is 0 Å². The maximum Gasteiger partial charge on any atom is 0.309 e. The van der Waals surface area contributed by atoms with Crippen molar-refractivity contribution in [2.45, 2.75) is 53.4 Å². The van der Waals surface area contributed by atoms with Gasteiger partial charge < -0.3 is 10.1 Å². The van der Waals surface area contributed by atoms with Crippen molar-refractivity contribution in [1.82, 2.24) is 9.97 Å². The van der Waals surface area contributed by atoms with Gasteiger partial charge in [-0.2, -0.15) is 0 Å². The Kier molecular flexibility index (Phi) is 3.13. The lowest BCUT2D eigenvalue weighted by Gasteiger charge is -2.37. The first-order valence-electron chi connectivity index (χ1n) is 7.87. The van der Waals surface area contributed by atoms with Crippen LogP contribution in [0.3, 0.4) is 0 Å². The Balaban J connectivity index is 2.07. The summed E-state index contributed by atoms with van der Waals surface area (Å²) in [5.74, 6) is 0.361. The van der Waals surface area contributed by atoms with E-state index in [2.05, 4.69) is 44.8 Å². The van der Waals surface area contributed by atoms with Crippen LogP contribution in [0.1, 0.15) is 56.5 Å². The lowest BCUT2D eigenvalue weighted by atomic mass is 9.65. The molecule has 0 amide bonds. The summed E-state index contributed by atoms with van der Waals surface area (Å²) in [5.41, 5.74) is 3.44. The number of imidazole rings is 1. The summed E-state index contributed by atoms with van der Waals surface area (Å²) in [6.07, 6.45) is 1.54. The lowest BCUT2D eigenvalue weighted by Crippen LogP contribution is -2.40. The molecule has 0 radical (unpaired) electrons. The van der Waals surface area contributed by atoms with Crippen molar-refractivity contribution in [1.29, 1.82) is 0 Å². The number of aryl methyl sites for hydroxylation is 2. The van der Waals surface area contributed by atoms with Gasteiger partial charge in [-0.1, -0.05) is 13.8 Å². The number of benzene rings is 1. The van der Waals surface area contributed by atoms with Gasteiger partial charge in [-0.15, -0.1) is 0 Å². The Labute approximate surface area is 131 Å². The van der Waals surface area contributed by atoms with E-state index in [4.69, 9.17) is 4.98 Å². The normalized spacial score (nSPS) is 27.4. The third-order valence-corrected chi connectivity index (χ3v) is 6.14. The van der Waals surface area contributed by atoms with Crippen LogP contribution < -0.4 is 0 Å². The first kappa shape index (κ1) is 15.1. The molecule has 2 atom stereocenters. The molecule has 0 unspecified atom stereocenters. The van der Waals surface area contributed by atoms with Crippen LogP contribution in [0.4, 0.5) is 0 Å². The summed E-state index contributed by atoms with van der Waals surface area (Å²) in [6.45, 7) is 10.2. The summed E-state index contributed by atoms with van der Waals surface area (Å²) in [6, 6.07) is 4.22. The van der Waals surface area contributed by atoms with E-state index in [1.54, 1.807) is 0 Å². The van der Waals surface area contributed by atoms with Crippen LogP contribution >= 0.6 is 0 Å². The van der Waals surface area contributed by atoms with Crippen LogP contribution in [-0.2, 0) is 4.79 Å². The number of aliphatic carboxylic acids is 1. The minimum atomic E-state index is -0.706. The van der Waals surface area contributed by atoms with Crippen LogP contribution in [0.2, 0.25) is 0 Å². The zero-order valence-corrected chi connectivity index (χ0v) is 13.9. The number of nitrogens with one attached hydrogen (secondary N) is 1. The molecule has 0 bridgehead atoms. The summed E-state index contributed by atoms with van der Waals surface area (Å²) in [5, 5.41) is 9.65. The molecule has 1 fully saturated rings. The van der Waals surface area contributed by atoms with Gasteiger partial charge in [0.05, 0.1) is 16.4 Å². The molecule has 1 saturated carbocycles. The van der Waals surface area contributed by atoms with Crippen LogP contribution in [0, 0.1) is 24.7 Å². The standard InChI is InChI=1S/C18H24N2O2/c1-10-8-13-14(9-11(10)2)20-15(19-13)12-6-7-18(5,16(21)22)17(12,3)4/h8-9,12H,6-7H2,1-5H3,(H,19,20)(H,21,22)/t12-,18+/m1/s1. The van der Waals surface area contributed by atoms with Crippen LogP contribution in [-0.4, -0.2) is 21.0 Å². The number of H-pyrrole nitrogens is 1. The van der Waals surface area contributed by atoms with Crippen molar-refractivity contribution in [3.63, 3.8) is 0 Å². The number of rotatable bonds is 2. The molecule has 22 heavy (non-hydrogen) atoms. The number of carboxylic acids is 1. The second kappa shape index (κ2) is 4.58. The molecule has 2 aromatic rings. The van der Waals surface area contributed by atoms with Gasteiger partial charge in [0, 0.05) is 5.92 Å². The Hall–Kier alpha value is -1.84. The van der Waals surface area contributed by atoms with Gasteiger partial charge in [-0.3, -0.25) is 4.79 Å². The second-order valence-corrected chi connectivity index (χ2v) is 7.53. The molecule has 2 N–H and O–H groups in total. The first-order valence-corrected chi connectivity index (χ1v) is 7.87. The Morgan fingerprint density at radius 1 is 1.27 bits per heavy atom. The Bertz CT molecular complexity index is 721. The monoisotopic (exact) mass is 300 g/mol. The molecule has 1 aromatic carbocycles. The Morgan fingerprint density at radius 2 is 1.91 bits per heavy atom. The van der Waals surface area contributed by atoms with E-state index in [1.807, 2.05) is 6.92 Å². The highest BCUT2D eigenvalue weighted by atomic mass is 16.4. The smallest absolute Gasteiger partial charge is 0.309 e. The molecule has 1 heterocycles. The number of aromatic nitrogens is 2. The number of nitrogens with zero attached hydrogens (tertiary/aromatic N) is 1. The van der Waals surface area contributed by atoms with E-state index in [9.17, 15) is 9.90 Å². The van der Waals surface area contributed by atoms with Crippen molar-refractivity contribution < 1.29 is 9.90 Å². The van der Waals surface area contributed by atoms with E-state index in [-0.39, 0.29) is 11.3 Å². The third-order valence-electron chi connectivity index (χ3n) is 6.14. The maximum absolute atomic E-state index is 11.7.